The van der Waals surface area contributed by atoms with Gasteiger partial charge in [-0.15, -0.1) is 5.10 Å². The second-order valence-electron chi connectivity index (χ2n) is 7.57. The first-order valence-electron chi connectivity index (χ1n) is 10.3. The fourth-order valence-electron chi connectivity index (χ4n) is 3.08. The third-order valence-corrected chi connectivity index (χ3v) is 6.41. The van der Waals surface area contributed by atoms with Crippen molar-refractivity contribution in [1.82, 2.24) is 15.2 Å². The van der Waals surface area contributed by atoms with E-state index in [-0.39, 0.29) is 27.2 Å². The van der Waals surface area contributed by atoms with E-state index in [1.54, 1.807) is 0 Å². The summed E-state index contributed by atoms with van der Waals surface area (Å²) in [5.74, 6) is -6.77. The van der Waals surface area contributed by atoms with E-state index in [1.165, 1.54) is 49.4 Å². The van der Waals surface area contributed by atoms with Gasteiger partial charge in [-0.25, -0.2) is 26.4 Å². The number of aromatic nitrogens is 3. The van der Waals surface area contributed by atoms with Gasteiger partial charge in [0.1, 0.15) is 11.0 Å². The molecule has 3 aromatic carbocycles. The molecule has 0 fully saturated rings. The van der Waals surface area contributed by atoms with Crippen molar-refractivity contribution in [2.45, 2.75) is 17.9 Å². The number of amides is 1. The van der Waals surface area contributed by atoms with Crippen LogP contribution in [-0.4, -0.2) is 46.8 Å². The Morgan fingerprint density at radius 1 is 1.03 bits per heavy atom. The Bertz CT molecular complexity index is 1630. The van der Waals surface area contributed by atoms with Gasteiger partial charge in [-0.1, -0.05) is 4.85 Å². The molecular weight excluding hydrogens is 519 g/mol. The van der Waals surface area contributed by atoms with E-state index < -0.39 is 51.1 Å². The zero-order chi connectivity index (χ0) is 26.9. The molecule has 15 heteroatoms. The summed E-state index contributed by atoms with van der Waals surface area (Å²) in [4.78, 5) is 24.8. The Kier molecular flexibility index (Phi) is 6.72. The highest BCUT2D eigenvalue weighted by Crippen LogP contribution is 2.22. The molecule has 0 saturated heterocycles. The van der Waals surface area contributed by atoms with Gasteiger partial charge < -0.3 is 15.3 Å². The Balaban J connectivity index is 1.40. The first-order chi connectivity index (χ1) is 17.5. The van der Waals surface area contributed by atoms with E-state index in [0.717, 1.165) is 6.07 Å². The van der Waals surface area contributed by atoms with Crippen molar-refractivity contribution in [3.63, 3.8) is 0 Å². The molecule has 0 radical (unpaired) electrons. The van der Waals surface area contributed by atoms with Crippen LogP contribution in [0.5, 0.6) is 0 Å². The van der Waals surface area contributed by atoms with Gasteiger partial charge in [-0.3, -0.25) is 9.52 Å². The Morgan fingerprint density at radius 3 is 2.43 bits per heavy atom. The highest BCUT2D eigenvalue weighted by Gasteiger charge is 2.22. The second-order valence-corrected chi connectivity index (χ2v) is 9.25. The standard InChI is InChI=1S/C22H16F3N5O6S/c1-11(21(31)26-17-9-7-15(23)19(24)20(17)25)36-22(32)12-2-4-13(5-3-12)28-37(34,35)14-6-8-16-18(10-14)30(33)29-27-16/h2-11,28,33H,1H3,(H,26,31)/t11-/m1/s1. The number of nitrogens with zero attached hydrogens (tertiary/aromatic N) is 3. The van der Waals surface area contributed by atoms with Crippen LogP contribution in [0.3, 0.4) is 0 Å². The summed E-state index contributed by atoms with van der Waals surface area (Å²) in [5, 5.41) is 18.6. The van der Waals surface area contributed by atoms with Crippen molar-refractivity contribution in [2.24, 2.45) is 0 Å². The normalized spacial score (nSPS) is 12.2. The number of hydrogen-bond acceptors (Lipinski definition) is 8. The van der Waals surface area contributed by atoms with Crippen molar-refractivity contribution in [1.29, 1.82) is 0 Å². The highest BCUT2D eigenvalue weighted by atomic mass is 32.2. The first-order valence-corrected chi connectivity index (χ1v) is 11.8. The summed E-state index contributed by atoms with van der Waals surface area (Å²) in [6.07, 6.45) is -1.44. The molecule has 3 N–H and O–H groups in total. The fourth-order valence-corrected chi connectivity index (χ4v) is 4.16. The summed E-state index contributed by atoms with van der Waals surface area (Å²) in [6.45, 7) is 1.18. The smallest absolute Gasteiger partial charge is 0.338 e. The highest BCUT2D eigenvalue weighted by molar-refractivity contribution is 7.92. The van der Waals surface area contributed by atoms with Crippen LogP contribution in [-0.2, 0) is 19.6 Å². The van der Waals surface area contributed by atoms with Crippen molar-refractivity contribution in [3.05, 3.63) is 77.6 Å². The number of carbonyl (C=O) groups excluding carboxylic acids is 2. The molecule has 4 aromatic rings. The van der Waals surface area contributed by atoms with Crippen LogP contribution in [0.1, 0.15) is 17.3 Å². The van der Waals surface area contributed by atoms with Gasteiger partial charge in [0, 0.05) is 5.69 Å². The average Bonchev–Trinajstić information content (AvgIpc) is 3.24. The van der Waals surface area contributed by atoms with E-state index >= 15 is 0 Å². The number of halogens is 3. The number of fused-ring (bicyclic) bond motifs is 1. The SMILES string of the molecule is C[C@@H](OC(=O)c1ccc(NS(=O)(=O)c2ccc3nnn(O)c3c2)cc1)C(=O)Nc1ccc(F)c(F)c1F. The van der Waals surface area contributed by atoms with Gasteiger partial charge in [-0.2, -0.15) is 0 Å². The number of ether oxygens (including phenoxy) is 1. The van der Waals surface area contributed by atoms with Crippen LogP contribution in [0.25, 0.3) is 11.0 Å². The molecule has 1 aromatic heterocycles. The summed E-state index contributed by atoms with van der Waals surface area (Å²) in [7, 11) is -4.08. The summed E-state index contributed by atoms with van der Waals surface area (Å²) in [5.41, 5.74) is -0.235. The van der Waals surface area contributed by atoms with Gasteiger partial charge >= 0.3 is 5.97 Å². The van der Waals surface area contributed by atoms with E-state index in [1.807, 2.05) is 5.32 Å². The molecule has 192 valence electrons. The van der Waals surface area contributed by atoms with Crippen molar-refractivity contribution in [2.75, 3.05) is 10.0 Å². The van der Waals surface area contributed by atoms with Crippen LogP contribution in [0, 0.1) is 17.5 Å². The van der Waals surface area contributed by atoms with Crippen LogP contribution >= 0.6 is 0 Å². The molecule has 0 unspecified atom stereocenters. The molecular formula is C22H16F3N5O6S. The molecule has 0 aliphatic heterocycles. The van der Waals surface area contributed by atoms with E-state index in [0.29, 0.717) is 10.9 Å². The predicted octanol–water partition coefficient (Wildman–Crippen LogP) is 3.07. The molecule has 11 nitrogen and oxygen atoms in total. The minimum atomic E-state index is -4.08. The predicted molar refractivity (Wildman–Crippen MR) is 122 cm³/mol. The van der Waals surface area contributed by atoms with Gasteiger partial charge in [0.15, 0.2) is 23.6 Å². The lowest BCUT2D eigenvalue weighted by molar-refractivity contribution is -0.123. The summed E-state index contributed by atoms with van der Waals surface area (Å²) < 4.78 is 72.8. The maximum atomic E-state index is 13.7. The quantitative estimate of drug-likeness (QED) is 0.185. The number of sulfonamides is 1. The first kappa shape index (κ1) is 25.4. The molecule has 0 bridgehead atoms. The zero-order valence-corrected chi connectivity index (χ0v) is 19.5. The fraction of sp³-hybridized carbons (Fsp3) is 0.0909. The van der Waals surface area contributed by atoms with E-state index in [2.05, 4.69) is 15.0 Å². The van der Waals surface area contributed by atoms with Crippen LogP contribution in [0.15, 0.2) is 59.5 Å². The molecule has 1 atom stereocenters. The van der Waals surface area contributed by atoms with Gasteiger partial charge in [0.2, 0.25) is 0 Å². The van der Waals surface area contributed by atoms with E-state index in [4.69, 9.17) is 4.74 Å². The largest absolute Gasteiger partial charge is 0.449 e. The maximum Gasteiger partial charge on any atom is 0.338 e. The molecule has 4 rings (SSSR count). The topological polar surface area (TPSA) is 153 Å². The van der Waals surface area contributed by atoms with Gasteiger partial charge in [0.05, 0.1) is 16.1 Å². The molecule has 0 aliphatic carbocycles. The minimum Gasteiger partial charge on any atom is -0.449 e. The molecule has 1 heterocycles. The van der Waals surface area contributed by atoms with E-state index in [9.17, 15) is 36.4 Å². The molecule has 0 aliphatic rings. The molecule has 37 heavy (non-hydrogen) atoms. The van der Waals surface area contributed by atoms with Crippen LogP contribution in [0.4, 0.5) is 24.5 Å². The average molecular weight is 535 g/mol. The van der Waals surface area contributed by atoms with Gasteiger partial charge in [-0.05, 0) is 66.7 Å². The second kappa shape index (κ2) is 9.77. The number of anilines is 2. The zero-order valence-electron chi connectivity index (χ0n) is 18.6. The summed E-state index contributed by atoms with van der Waals surface area (Å²) in [6, 6.07) is 10.2. The number of carbonyl (C=O) groups is 2. The lowest BCUT2D eigenvalue weighted by Gasteiger charge is -2.14. The minimum absolute atomic E-state index is 0.0433. The number of rotatable bonds is 7. The molecule has 0 spiro atoms. The Morgan fingerprint density at radius 2 is 1.73 bits per heavy atom. The van der Waals surface area contributed by atoms with Crippen LogP contribution < -0.4 is 10.0 Å². The van der Waals surface area contributed by atoms with Crippen molar-refractivity contribution < 1.29 is 41.1 Å². The van der Waals surface area contributed by atoms with Crippen molar-refractivity contribution >= 4 is 44.3 Å². The maximum absolute atomic E-state index is 13.7. The number of esters is 1. The monoisotopic (exact) mass is 535 g/mol. The molecule has 1 amide bonds. The number of hydrogen-bond donors (Lipinski definition) is 3. The Hall–Kier alpha value is -4.66. The molecule has 0 saturated carbocycles. The third-order valence-electron chi connectivity index (χ3n) is 5.03. The lowest BCUT2D eigenvalue weighted by atomic mass is 10.2. The summed E-state index contributed by atoms with van der Waals surface area (Å²) >= 11 is 0. The lowest BCUT2D eigenvalue weighted by Crippen LogP contribution is -2.30. The number of benzene rings is 3. The Labute approximate surface area is 206 Å². The van der Waals surface area contributed by atoms with Crippen molar-refractivity contribution in [3.8, 4) is 0 Å². The van der Waals surface area contributed by atoms with Gasteiger partial charge in [0.25, 0.3) is 15.9 Å². The third kappa shape index (κ3) is 5.30. The van der Waals surface area contributed by atoms with Crippen LogP contribution in [0.2, 0.25) is 0 Å². The number of nitrogens with one attached hydrogen (secondary N) is 2.